The number of amides is 2. The first kappa shape index (κ1) is 21.4. The van der Waals surface area contributed by atoms with Crippen LogP contribution in [0.15, 0.2) is 35.0 Å². The summed E-state index contributed by atoms with van der Waals surface area (Å²) in [6.07, 6.45) is 10.8. The molecule has 2 amide bonds. The number of hydrogen-bond donors (Lipinski definition) is 3. The Balaban J connectivity index is 1.59. The standard InChI is InChI=1S/C23H26N2O5S/c26-20(15-8-4-5-9-16(15)23(28)29)25-22-19(17-10-2-1-3-11-18(17)31-22)21(27)24-13-14-7-6-12-30-14/h4-7,12,15-16H,1-3,8-11,13H2,(H,24,27)(H,25,26)(H,28,29)/t15-,16+/m0/s1. The van der Waals surface area contributed by atoms with Gasteiger partial charge in [-0.25, -0.2) is 0 Å². The normalized spacial score (nSPS) is 20.5. The van der Waals surface area contributed by atoms with Crippen molar-refractivity contribution in [3.63, 3.8) is 0 Å². The monoisotopic (exact) mass is 442 g/mol. The molecule has 0 aliphatic heterocycles. The molecule has 3 N–H and O–H groups in total. The summed E-state index contributed by atoms with van der Waals surface area (Å²) in [5.41, 5.74) is 1.52. The van der Waals surface area contributed by atoms with Crippen LogP contribution in [-0.2, 0) is 29.0 Å². The molecule has 0 unspecified atom stereocenters. The number of carbonyl (C=O) groups excluding carboxylic acids is 2. The van der Waals surface area contributed by atoms with E-state index in [-0.39, 0.29) is 18.4 Å². The molecule has 2 atom stereocenters. The number of hydrogen-bond acceptors (Lipinski definition) is 5. The van der Waals surface area contributed by atoms with Gasteiger partial charge in [0.15, 0.2) is 0 Å². The number of carbonyl (C=O) groups is 3. The SMILES string of the molecule is O=C(NCc1ccco1)c1c(NC(=O)[C@H]2CC=CC[C@H]2C(=O)O)sc2c1CCCCC2. The summed E-state index contributed by atoms with van der Waals surface area (Å²) < 4.78 is 5.30. The summed E-state index contributed by atoms with van der Waals surface area (Å²) in [4.78, 5) is 38.9. The van der Waals surface area contributed by atoms with Gasteiger partial charge >= 0.3 is 5.97 Å². The maximum atomic E-state index is 13.1. The summed E-state index contributed by atoms with van der Waals surface area (Å²) in [5.74, 6) is -2.30. The Morgan fingerprint density at radius 3 is 2.61 bits per heavy atom. The van der Waals surface area contributed by atoms with Gasteiger partial charge in [-0.3, -0.25) is 14.4 Å². The van der Waals surface area contributed by atoms with Crippen molar-refractivity contribution in [1.29, 1.82) is 0 Å². The number of aryl methyl sites for hydroxylation is 1. The number of anilines is 1. The summed E-state index contributed by atoms with van der Waals surface area (Å²) in [7, 11) is 0. The number of carboxylic acids is 1. The number of furan rings is 1. The van der Waals surface area contributed by atoms with Crippen LogP contribution in [0.5, 0.6) is 0 Å². The minimum absolute atomic E-state index is 0.246. The van der Waals surface area contributed by atoms with E-state index in [1.807, 2.05) is 12.2 Å². The summed E-state index contributed by atoms with van der Waals surface area (Å²) in [6.45, 7) is 0.262. The third-order valence-corrected chi connectivity index (χ3v) is 7.18. The molecule has 2 aromatic heterocycles. The fourth-order valence-electron chi connectivity index (χ4n) is 4.32. The molecular formula is C23H26N2O5S. The van der Waals surface area contributed by atoms with Crippen molar-refractivity contribution in [2.45, 2.75) is 51.5 Å². The Labute approximate surface area is 184 Å². The fraction of sp³-hybridized carbons (Fsp3) is 0.435. The fourth-order valence-corrected chi connectivity index (χ4v) is 5.61. The molecule has 0 saturated carbocycles. The molecule has 0 fully saturated rings. The van der Waals surface area contributed by atoms with Crippen molar-refractivity contribution in [3.8, 4) is 0 Å². The zero-order chi connectivity index (χ0) is 21.8. The van der Waals surface area contributed by atoms with E-state index in [9.17, 15) is 19.5 Å². The summed E-state index contributed by atoms with van der Waals surface area (Å²) >= 11 is 1.45. The van der Waals surface area contributed by atoms with Gasteiger partial charge in [-0.15, -0.1) is 11.3 Å². The molecule has 0 radical (unpaired) electrons. The van der Waals surface area contributed by atoms with Crippen LogP contribution in [0, 0.1) is 11.8 Å². The maximum absolute atomic E-state index is 13.1. The Hall–Kier alpha value is -2.87. The molecular weight excluding hydrogens is 416 g/mol. The van der Waals surface area contributed by atoms with Crippen LogP contribution >= 0.6 is 11.3 Å². The van der Waals surface area contributed by atoms with Crippen LogP contribution in [-0.4, -0.2) is 22.9 Å². The highest BCUT2D eigenvalue weighted by Crippen LogP contribution is 2.38. The predicted molar refractivity (Wildman–Crippen MR) is 117 cm³/mol. The molecule has 2 aromatic rings. The first-order valence-electron chi connectivity index (χ1n) is 10.7. The molecule has 164 valence electrons. The van der Waals surface area contributed by atoms with Crippen LogP contribution in [0.2, 0.25) is 0 Å². The lowest BCUT2D eigenvalue weighted by Gasteiger charge is -2.24. The second kappa shape index (κ2) is 9.51. The van der Waals surface area contributed by atoms with E-state index in [0.29, 0.717) is 29.2 Å². The van der Waals surface area contributed by atoms with E-state index < -0.39 is 17.8 Å². The van der Waals surface area contributed by atoms with Crippen molar-refractivity contribution in [3.05, 3.63) is 52.3 Å². The molecule has 8 heteroatoms. The van der Waals surface area contributed by atoms with E-state index in [1.165, 1.54) is 11.3 Å². The number of allylic oxidation sites excluding steroid dienone is 2. The highest BCUT2D eigenvalue weighted by molar-refractivity contribution is 7.17. The van der Waals surface area contributed by atoms with E-state index >= 15 is 0 Å². The third-order valence-electron chi connectivity index (χ3n) is 5.97. The minimum Gasteiger partial charge on any atom is -0.481 e. The van der Waals surface area contributed by atoms with Gasteiger partial charge in [0.1, 0.15) is 10.8 Å². The van der Waals surface area contributed by atoms with Gasteiger partial charge in [0.05, 0.1) is 30.2 Å². The minimum atomic E-state index is -0.970. The van der Waals surface area contributed by atoms with Crippen LogP contribution in [0.1, 0.15) is 58.7 Å². The maximum Gasteiger partial charge on any atom is 0.307 e. The second-order valence-corrected chi connectivity index (χ2v) is 9.12. The largest absolute Gasteiger partial charge is 0.481 e. The second-order valence-electron chi connectivity index (χ2n) is 8.01. The number of carboxylic acid groups (broad SMARTS) is 1. The molecule has 2 heterocycles. The van der Waals surface area contributed by atoms with Gasteiger partial charge in [0.2, 0.25) is 5.91 Å². The first-order chi connectivity index (χ1) is 15.0. The topological polar surface area (TPSA) is 109 Å². The van der Waals surface area contributed by atoms with Crippen LogP contribution in [0.3, 0.4) is 0 Å². The molecule has 31 heavy (non-hydrogen) atoms. The molecule has 0 saturated heterocycles. The van der Waals surface area contributed by atoms with Gasteiger partial charge in [0, 0.05) is 4.88 Å². The quantitative estimate of drug-likeness (QED) is 0.460. The highest BCUT2D eigenvalue weighted by atomic mass is 32.1. The van der Waals surface area contributed by atoms with Crippen LogP contribution in [0.25, 0.3) is 0 Å². The number of fused-ring (bicyclic) bond motifs is 1. The molecule has 0 spiro atoms. The molecule has 0 aromatic carbocycles. The predicted octanol–water partition coefficient (Wildman–Crippen LogP) is 4.15. The Kier molecular flexibility index (Phi) is 6.56. The van der Waals surface area contributed by atoms with Crippen molar-refractivity contribution < 1.29 is 23.9 Å². The number of rotatable bonds is 6. The highest BCUT2D eigenvalue weighted by Gasteiger charge is 2.35. The lowest BCUT2D eigenvalue weighted by molar-refractivity contribution is -0.146. The molecule has 4 rings (SSSR count). The Bertz CT molecular complexity index is 992. The molecule has 2 aliphatic carbocycles. The lowest BCUT2D eigenvalue weighted by Crippen LogP contribution is -2.35. The van der Waals surface area contributed by atoms with E-state index in [0.717, 1.165) is 42.5 Å². The van der Waals surface area contributed by atoms with Crippen molar-refractivity contribution in [1.82, 2.24) is 5.32 Å². The first-order valence-corrected chi connectivity index (χ1v) is 11.5. The average molecular weight is 443 g/mol. The lowest BCUT2D eigenvalue weighted by atomic mass is 9.82. The Morgan fingerprint density at radius 1 is 1.10 bits per heavy atom. The molecule has 7 nitrogen and oxygen atoms in total. The zero-order valence-corrected chi connectivity index (χ0v) is 18.0. The van der Waals surface area contributed by atoms with Crippen molar-refractivity contribution >= 4 is 34.1 Å². The van der Waals surface area contributed by atoms with E-state index in [1.54, 1.807) is 18.4 Å². The van der Waals surface area contributed by atoms with Gasteiger partial charge in [-0.05, 0) is 56.2 Å². The molecule has 2 aliphatic rings. The smallest absolute Gasteiger partial charge is 0.307 e. The van der Waals surface area contributed by atoms with Gasteiger partial charge in [-0.1, -0.05) is 18.6 Å². The van der Waals surface area contributed by atoms with Gasteiger partial charge in [-0.2, -0.15) is 0 Å². The van der Waals surface area contributed by atoms with Crippen LogP contribution < -0.4 is 10.6 Å². The summed E-state index contributed by atoms with van der Waals surface area (Å²) in [5, 5.41) is 15.8. The van der Waals surface area contributed by atoms with E-state index in [4.69, 9.17) is 4.42 Å². The van der Waals surface area contributed by atoms with Crippen molar-refractivity contribution in [2.75, 3.05) is 5.32 Å². The van der Waals surface area contributed by atoms with Crippen molar-refractivity contribution in [2.24, 2.45) is 11.8 Å². The van der Waals surface area contributed by atoms with Gasteiger partial charge in [0.25, 0.3) is 5.91 Å². The summed E-state index contributed by atoms with van der Waals surface area (Å²) in [6, 6.07) is 3.56. The third kappa shape index (κ3) is 4.74. The van der Waals surface area contributed by atoms with Gasteiger partial charge < -0.3 is 20.2 Å². The molecule has 0 bridgehead atoms. The number of thiophene rings is 1. The van der Waals surface area contributed by atoms with E-state index in [2.05, 4.69) is 10.6 Å². The average Bonchev–Trinajstić information content (AvgIpc) is 3.34. The van der Waals surface area contributed by atoms with Crippen LogP contribution in [0.4, 0.5) is 5.00 Å². The number of aliphatic carboxylic acids is 1. The Morgan fingerprint density at radius 2 is 1.87 bits per heavy atom. The number of nitrogens with one attached hydrogen (secondary N) is 2. The zero-order valence-electron chi connectivity index (χ0n) is 17.2.